The van der Waals surface area contributed by atoms with Gasteiger partial charge in [-0.05, 0) is 0 Å². The van der Waals surface area contributed by atoms with E-state index in [4.69, 9.17) is 0 Å². The van der Waals surface area contributed by atoms with Gasteiger partial charge in [0.15, 0.2) is 0 Å². The Balaban J connectivity index is 1.39. The second-order valence-electron chi connectivity index (χ2n) is 17.8. The van der Waals surface area contributed by atoms with Gasteiger partial charge in [-0.15, -0.1) is 0 Å². The van der Waals surface area contributed by atoms with Crippen molar-refractivity contribution in [3.05, 3.63) is 172 Å². The summed E-state index contributed by atoms with van der Waals surface area (Å²) < 4.78 is 1.21. The van der Waals surface area contributed by atoms with E-state index in [1.807, 2.05) is 0 Å². The van der Waals surface area contributed by atoms with Gasteiger partial charge >= 0.3 is 373 Å². The van der Waals surface area contributed by atoms with Crippen LogP contribution in [0.3, 0.4) is 0 Å². The Hall–Kier alpha value is -3.52. The summed E-state index contributed by atoms with van der Waals surface area (Å²) in [5.41, 5.74) is 19.3. The molecule has 0 fully saturated rings. The van der Waals surface area contributed by atoms with E-state index in [0.717, 1.165) is 64.2 Å². The second kappa shape index (κ2) is 17.3. The fourth-order valence-corrected chi connectivity index (χ4v) is 39.5. The van der Waals surface area contributed by atoms with Gasteiger partial charge in [-0.25, -0.2) is 0 Å². The zero-order valence-electron chi connectivity index (χ0n) is 36.0. The van der Waals surface area contributed by atoms with E-state index >= 15 is 0 Å². The van der Waals surface area contributed by atoms with Crippen LogP contribution in [0.25, 0.3) is 45.5 Å². The molecule has 305 valence electrons. The van der Waals surface area contributed by atoms with E-state index < -0.39 is 25.9 Å². The van der Waals surface area contributed by atoms with Gasteiger partial charge in [0.05, 0.1) is 0 Å². The van der Waals surface area contributed by atoms with Crippen molar-refractivity contribution < 1.29 is 16.4 Å². The molecule has 9 rings (SSSR count). The molecule has 6 aromatic carbocycles. The predicted molar refractivity (Wildman–Crippen MR) is 263 cm³/mol. The molecule has 2 atom stereocenters. The fraction of sp³-hybridized carbons (Fsp3) is 0.286. The molecule has 3 aliphatic rings. The summed E-state index contributed by atoms with van der Waals surface area (Å²) >= 11 is -5.65. The number of benzene rings is 6. The molecule has 6 aromatic rings. The quantitative estimate of drug-likeness (QED) is 0.0899. The van der Waals surface area contributed by atoms with Crippen molar-refractivity contribution in [2.75, 3.05) is 0 Å². The standard InChI is InChI=1S/2C22H25.C12H9Si.2ClH.Zr/c2*1-3-5-10-17-15-20-14-13-18(9-4-2)22(21(20)16-17)19-11-7-6-8-12-19;1-3-7-11-9(5-1)10-6-2-4-8-12(10)13-11;;;/h2*6-8,11-16H,3-5,9-10H2,1-2H3;1-7H,13H2;2*1H;/q;;;;;+2/p-2. The zero-order valence-corrected chi connectivity index (χ0v) is 41.4. The summed E-state index contributed by atoms with van der Waals surface area (Å²) in [6.45, 7) is 9.25. The van der Waals surface area contributed by atoms with E-state index in [1.165, 1.54) is 91.6 Å². The third-order valence-corrected chi connectivity index (χ3v) is 36.8. The Labute approximate surface area is 370 Å². The SMILES string of the molecule is CCCCC1=Cc2c(ccc(CCC)c2-c2ccccc2)[CH]1[Zr]([Cl])([Cl])([c]1cccc2c1[SiH2]c1ccccc1-2)[CH]1C(CCCC)=Cc2c1ccc(CCC)c2-c1ccccc1. The molecule has 0 aromatic heterocycles. The van der Waals surface area contributed by atoms with Crippen LogP contribution < -0.4 is 13.6 Å². The topological polar surface area (TPSA) is 0 Å². The zero-order chi connectivity index (χ0) is 41.5. The molecule has 2 unspecified atom stereocenters. The van der Waals surface area contributed by atoms with Gasteiger partial charge in [-0.3, -0.25) is 0 Å². The summed E-state index contributed by atoms with van der Waals surface area (Å²) in [7, 11) is 18.1. The summed E-state index contributed by atoms with van der Waals surface area (Å²) in [6, 6.07) is 48.4. The van der Waals surface area contributed by atoms with E-state index in [2.05, 4.69) is 167 Å². The molecule has 1 aliphatic heterocycles. The average Bonchev–Trinajstić information content (AvgIpc) is 3.98. The molecular weight excluding hydrogens is 863 g/mol. The number of fused-ring (bicyclic) bond motifs is 5. The average molecular weight is 922 g/mol. The van der Waals surface area contributed by atoms with E-state index in [0.29, 0.717) is 0 Å². The van der Waals surface area contributed by atoms with Gasteiger partial charge < -0.3 is 0 Å². The van der Waals surface area contributed by atoms with Crippen LogP contribution >= 0.6 is 17.0 Å². The van der Waals surface area contributed by atoms with Gasteiger partial charge in [0.25, 0.3) is 0 Å². The van der Waals surface area contributed by atoms with Crippen molar-refractivity contribution in [1.29, 1.82) is 0 Å². The molecule has 0 amide bonds. The Morgan fingerprint density at radius 3 is 1.47 bits per heavy atom. The Morgan fingerprint density at radius 2 is 0.967 bits per heavy atom. The third kappa shape index (κ3) is 6.97. The van der Waals surface area contributed by atoms with Crippen LogP contribution in [0.4, 0.5) is 0 Å². The number of unbranched alkanes of at least 4 members (excludes halogenated alkanes) is 2. The molecule has 0 N–H and O–H groups in total. The summed E-state index contributed by atoms with van der Waals surface area (Å²) in [5, 5.41) is 3.01. The first-order valence-electron chi connectivity index (χ1n) is 22.9. The molecule has 0 spiro atoms. The molecule has 0 bridgehead atoms. The Kier molecular flexibility index (Phi) is 12.1. The summed E-state index contributed by atoms with van der Waals surface area (Å²) in [6.07, 6.45) is 15.9. The number of aryl methyl sites for hydroxylation is 2. The molecule has 0 radical (unpaired) electrons. The molecule has 0 saturated carbocycles. The van der Waals surface area contributed by atoms with Crippen molar-refractivity contribution in [1.82, 2.24) is 0 Å². The number of halogens is 2. The van der Waals surface area contributed by atoms with Crippen molar-refractivity contribution in [2.24, 2.45) is 0 Å². The van der Waals surface area contributed by atoms with Gasteiger partial charge in [0.1, 0.15) is 0 Å². The summed E-state index contributed by atoms with van der Waals surface area (Å²) in [4.78, 5) is 0. The fourth-order valence-electron chi connectivity index (χ4n) is 11.5. The van der Waals surface area contributed by atoms with E-state index in [1.54, 1.807) is 0 Å². The molecule has 2 aliphatic carbocycles. The molecule has 60 heavy (non-hydrogen) atoms. The predicted octanol–water partition coefficient (Wildman–Crippen LogP) is 14.3. The molecule has 4 heteroatoms. The van der Waals surface area contributed by atoms with Crippen LogP contribution in [0.15, 0.2) is 139 Å². The molecule has 1 heterocycles. The van der Waals surface area contributed by atoms with E-state index in [9.17, 15) is 17.0 Å². The van der Waals surface area contributed by atoms with Crippen molar-refractivity contribution >= 4 is 52.3 Å². The molecule has 0 saturated heterocycles. The number of hydrogen-bond donors (Lipinski definition) is 0. The molecule has 0 nitrogen and oxygen atoms in total. The van der Waals surface area contributed by atoms with Crippen LogP contribution in [0.5, 0.6) is 0 Å². The van der Waals surface area contributed by atoms with E-state index in [-0.39, 0.29) is 7.25 Å². The van der Waals surface area contributed by atoms with Gasteiger partial charge in [0.2, 0.25) is 0 Å². The van der Waals surface area contributed by atoms with Crippen LogP contribution in [0.1, 0.15) is 120 Å². The number of hydrogen-bond acceptors (Lipinski definition) is 0. The maximum atomic E-state index is 9.48. The number of rotatable bonds is 15. The molecular formula is C56H59Cl2SiZr. The first kappa shape index (κ1) is 41.8. The minimum absolute atomic E-state index is 0.0601. The van der Waals surface area contributed by atoms with Gasteiger partial charge in [-0.2, -0.15) is 0 Å². The minimum atomic E-state index is -5.65. The summed E-state index contributed by atoms with van der Waals surface area (Å²) in [5.74, 6) is 0. The number of allylic oxidation sites excluding steroid dienone is 2. The van der Waals surface area contributed by atoms with Crippen LogP contribution in [0, 0.1) is 0 Å². The van der Waals surface area contributed by atoms with Crippen LogP contribution in [0.2, 0.25) is 0 Å². The maximum absolute atomic E-state index is 9.48. The van der Waals surface area contributed by atoms with Gasteiger partial charge in [0, 0.05) is 0 Å². The third-order valence-electron chi connectivity index (χ3n) is 14.0. The first-order chi connectivity index (χ1) is 29.3. The van der Waals surface area contributed by atoms with Crippen LogP contribution in [-0.2, 0) is 29.2 Å². The first-order valence-corrected chi connectivity index (χ1v) is 34.7. The Bertz CT molecular complexity index is 2490. The van der Waals surface area contributed by atoms with Crippen LogP contribution in [-0.4, -0.2) is 9.52 Å². The van der Waals surface area contributed by atoms with Crippen molar-refractivity contribution in [2.45, 2.75) is 99.2 Å². The normalized spacial score (nSPS) is 17.4. The van der Waals surface area contributed by atoms with Gasteiger partial charge in [-0.1, -0.05) is 0 Å². The van der Waals surface area contributed by atoms with Crippen molar-refractivity contribution in [3.8, 4) is 33.4 Å². The van der Waals surface area contributed by atoms with Crippen molar-refractivity contribution in [3.63, 3.8) is 0 Å². The second-order valence-corrected chi connectivity index (χ2v) is 40.2. The Morgan fingerprint density at radius 1 is 0.483 bits per heavy atom. The monoisotopic (exact) mass is 919 g/mol.